The van der Waals surface area contributed by atoms with E-state index >= 15 is 0 Å². The van der Waals surface area contributed by atoms with Crippen LogP contribution in [-0.4, -0.2) is 20.6 Å². The highest BCUT2D eigenvalue weighted by atomic mass is 15.3. The van der Waals surface area contributed by atoms with Gasteiger partial charge in [0.1, 0.15) is 12.1 Å². The zero-order chi connectivity index (χ0) is 13.2. The second-order valence-electron chi connectivity index (χ2n) is 5.72. The number of hydrogen-bond donors (Lipinski definition) is 1. The quantitative estimate of drug-likeness (QED) is 0.917. The van der Waals surface area contributed by atoms with Crippen LogP contribution in [0.1, 0.15) is 44.6 Å². The molecule has 4 heteroatoms. The van der Waals surface area contributed by atoms with Crippen LogP contribution in [0.15, 0.2) is 18.5 Å². The van der Waals surface area contributed by atoms with Crippen LogP contribution in [0, 0.1) is 12.8 Å². The lowest BCUT2D eigenvalue weighted by Crippen LogP contribution is -2.27. The molecule has 1 N–H and O–H groups in total. The Balaban J connectivity index is 1.76. The van der Waals surface area contributed by atoms with Crippen molar-refractivity contribution < 1.29 is 0 Å². The van der Waals surface area contributed by atoms with Crippen LogP contribution in [-0.2, 0) is 0 Å². The van der Waals surface area contributed by atoms with Crippen molar-refractivity contribution in [2.45, 2.75) is 52.0 Å². The molecule has 0 radical (unpaired) electrons. The van der Waals surface area contributed by atoms with E-state index < -0.39 is 0 Å². The van der Waals surface area contributed by atoms with Crippen molar-refractivity contribution in [3.05, 3.63) is 24.0 Å². The van der Waals surface area contributed by atoms with Crippen LogP contribution in [0.3, 0.4) is 0 Å². The molecule has 0 spiro atoms. The second-order valence-corrected chi connectivity index (χ2v) is 5.72. The predicted molar refractivity (Wildman–Crippen MR) is 77.4 cm³/mol. The van der Waals surface area contributed by atoms with Crippen molar-refractivity contribution in [2.75, 3.05) is 5.32 Å². The second kappa shape index (κ2) is 5.19. The van der Waals surface area contributed by atoms with Crippen molar-refractivity contribution >= 4 is 11.5 Å². The molecule has 0 aromatic carbocycles. The highest BCUT2D eigenvalue weighted by Gasteiger charge is 2.20. The summed E-state index contributed by atoms with van der Waals surface area (Å²) in [5, 5.41) is 7.96. The lowest BCUT2D eigenvalue weighted by atomic mass is 9.84. The van der Waals surface area contributed by atoms with Gasteiger partial charge in [-0.3, -0.25) is 0 Å². The third-order valence-corrected chi connectivity index (χ3v) is 4.30. The summed E-state index contributed by atoms with van der Waals surface area (Å²) in [6, 6.07) is 4.80. The van der Waals surface area contributed by atoms with Crippen molar-refractivity contribution in [1.29, 1.82) is 0 Å². The standard InChI is InChI=1S/C15H22N4/c1-3-12-4-6-13(7-5-12)18-15-9-11(2)8-14-16-10-17-19(14)15/h8-10,12-13,18H,3-7H2,1-2H3. The first-order chi connectivity index (χ1) is 9.26. The Kier molecular flexibility index (Phi) is 3.40. The highest BCUT2D eigenvalue weighted by Crippen LogP contribution is 2.28. The van der Waals surface area contributed by atoms with Crippen molar-refractivity contribution in [2.24, 2.45) is 5.92 Å². The zero-order valence-corrected chi connectivity index (χ0v) is 11.8. The first-order valence-corrected chi connectivity index (χ1v) is 7.33. The highest BCUT2D eigenvalue weighted by molar-refractivity contribution is 5.51. The maximum absolute atomic E-state index is 4.30. The van der Waals surface area contributed by atoms with Gasteiger partial charge in [-0.2, -0.15) is 9.61 Å². The van der Waals surface area contributed by atoms with Gasteiger partial charge in [-0.05, 0) is 56.2 Å². The van der Waals surface area contributed by atoms with Crippen LogP contribution in [0.5, 0.6) is 0 Å². The molecule has 0 unspecified atom stereocenters. The molecule has 102 valence electrons. The minimum atomic E-state index is 0.581. The number of aryl methyl sites for hydroxylation is 1. The van der Waals surface area contributed by atoms with E-state index in [4.69, 9.17) is 0 Å². The van der Waals surface area contributed by atoms with Crippen LogP contribution in [0.25, 0.3) is 5.65 Å². The zero-order valence-electron chi connectivity index (χ0n) is 11.8. The fourth-order valence-corrected chi connectivity index (χ4v) is 3.08. The number of nitrogens with one attached hydrogen (secondary N) is 1. The maximum Gasteiger partial charge on any atom is 0.157 e. The normalized spacial score (nSPS) is 23.7. The Hall–Kier alpha value is -1.58. The molecule has 0 amide bonds. The Labute approximate surface area is 114 Å². The van der Waals surface area contributed by atoms with Crippen molar-refractivity contribution in [3.8, 4) is 0 Å². The molecule has 0 saturated heterocycles. The van der Waals surface area contributed by atoms with E-state index in [1.54, 1.807) is 6.33 Å². The van der Waals surface area contributed by atoms with Gasteiger partial charge in [-0.15, -0.1) is 0 Å². The fraction of sp³-hybridized carbons (Fsp3) is 0.600. The van der Waals surface area contributed by atoms with E-state index in [9.17, 15) is 0 Å². The van der Waals surface area contributed by atoms with Gasteiger partial charge >= 0.3 is 0 Å². The Bertz CT molecular complexity index is 552. The molecule has 0 bridgehead atoms. The number of nitrogens with zero attached hydrogens (tertiary/aromatic N) is 3. The molecular weight excluding hydrogens is 236 g/mol. The third-order valence-electron chi connectivity index (χ3n) is 4.30. The molecule has 1 aliphatic rings. The molecule has 0 atom stereocenters. The van der Waals surface area contributed by atoms with E-state index in [1.807, 2.05) is 4.52 Å². The first-order valence-electron chi connectivity index (χ1n) is 7.33. The monoisotopic (exact) mass is 258 g/mol. The average Bonchev–Trinajstić information content (AvgIpc) is 2.88. The Morgan fingerprint density at radius 2 is 2.05 bits per heavy atom. The molecule has 3 rings (SSSR count). The topological polar surface area (TPSA) is 42.2 Å². The summed E-state index contributed by atoms with van der Waals surface area (Å²) in [6.45, 7) is 4.41. The number of anilines is 1. The molecule has 2 aromatic heterocycles. The Morgan fingerprint density at radius 3 is 2.79 bits per heavy atom. The summed E-state index contributed by atoms with van der Waals surface area (Å²) in [5.74, 6) is 2.01. The Morgan fingerprint density at radius 1 is 1.26 bits per heavy atom. The van der Waals surface area contributed by atoms with E-state index in [1.165, 1.54) is 37.7 Å². The number of aromatic nitrogens is 3. The fourth-order valence-electron chi connectivity index (χ4n) is 3.08. The molecule has 1 aliphatic carbocycles. The average molecular weight is 258 g/mol. The van der Waals surface area contributed by atoms with Crippen LogP contribution >= 0.6 is 0 Å². The minimum Gasteiger partial charge on any atom is -0.367 e. The SMILES string of the molecule is CCC1CCC(Nc2cc(C)cc3ncnn23)CC1. The minimum absolute atomic E-state index is 0.581. The molecule has 1 saturated carbocycles. The smallest absolute Gasteiger partial charge is 0.157 e. The van der Waals surface area contributed by atoms with Crippen LogP contribution in [0.2, 0.25) is 0 Å². The maximum atomic E-state index is 4.30. The molecular formula is C15H22N4. The van der Waals surface area contributed by atoms with E-state index in [-0.39, 0.29) is 0 Å². The first kappa shape index (κ1) is 12.5. The summed E-state index contributed by atoms with van der Waals surface area (Å²) < 4.78 is 1.90. The van der Waals surface area contributed by atoms with Crippen molar-refractivity contribution in [3.63, 3.8) is 0 Å². The molecule has 0 aliphatic heterocycles. The molecule has 19 heavy (non-hydrogen) atoms. The number of pyridine rings is 1. The van der Waals surface area contributed by atoms with Gasteiger partial charge < -0.3 is 5.32 Å². The molecule has 4 nitrogen and oxygen atoms in total. The summed E-state index contributed by atoms with van der Waals surface area (Å²) >= 11 is 0. The van der Waals surface area contributed by atoms with Crippen molar-refractivity contribution in [1.82, 2.24) is 14.6 Å². The molecule has 2 heterocycles. The van der Waals surface area contributed by atoms with Gasteiger partial charge in [-0.1, -0.05) is 13.3 Å². The van der Waals surface area contributed by atoms with E-state index in [2.05, 4.69) is 41.4 Å². The van der Waals surface area contributed by atoms with Crippen LogP contribution < -0.4 is 5.32 Å². The van der Waals surface area contributed by atoms with Gasteiger partial charge in [0.25, 0.3) is 0 Å². The summed E-state index contributed by atoms with van der Waals surface area (Å²) in [6.07, 6.45) is 8.17. The summed E-state index contributed by atoms with van der Waals surface area (Å²) in [4.78, 5) is 4.27. The molecule has 2 aromatic rings. The summed E-state index contributed by atoms with van der Waals surface area (Å²) in [7, 11) is 0. The van der Waals surface area contributed by atoms with E-state index in [0.29, 0.717) is 6.04 Å². The summed E-state index contributed by atoms with van der Waals surface area (Å²) in [5.41, 5.74) is 2.15. The van der Waals surface area contributed by atoms with Gasteiger partial charge in [0.15, 0.2) is 5.65 Å². The number of rotatable bonds is 3. The lowest BCUT2D eigenvalue weighted by molar-refractivity contribution is 0.329. The van der Waals surface area contributed by atoms with Gasteiger partial charge in [0, 0.05) is 6.04 Å². The van der Waals surface area contributed by atoms with Gasteiger partial charge in [-0.25, -0.2) is 4.98 Å². The van der Waals surface area contributed by atoms with Crippen LogP contribution in [0.4, 0.5) is 5.82 Å². The van der Waals surface area contributed by atoms with Gasteiger partial charge in [0.05, 0.1) is 0 Å². The third kappa shape index (κ3) is 2.57. The predicted octanol–water partition coefficient (Wildman–Crippen LogP) is 3.42. The lowest BCUT2D eigenvalue weighted by Gasteiger charge is -2.29. The number of hydrogen-bond acceptors (Lipinski definition) is 3. The van der Waals surface area contributed by atoms with E-state index in [0.717, 1.165) is 17.4 Å². The van der Waals surface area contributed by atoms with Gasteiger partial charge in [0.2, 0.25) is 0 Å². The largest absolute Gasteiger partial charge is 0.367 e. The molecule has 1 fully saturated rings. The number of fused-ring (bicyclic) bond motifs is 1.